The van der Waals surface area contributed by atoms with Crippen molar-refractivity contribution in [1.29, 1.82) is 0 Å². The number of rotatable bonds is 16. The highest BCUT2D eigenvalue weighted by molar-refractivity contribution is 7.86. The molecule has 1 aromatic carbocycles. The van der Waals surface area contributed by atoms with Crippen molar-refractivity contribution in [3.8, 4) is 5.75 Å². The van der Waals surface area contributed by atoms with Crippen molar-refractivity contribution >= 4 is 10.1 Å². The minimum Gasteiger partial charge on any atom is -0.486 e. The van der Waals surface area contributed by atoms with Crippen molar-refractivity contribution in [2.75, 3.05) is 19.8 Å². The van der Waals surface area contributed by atoms with E-state index >= 15 is 0 Å². The zero-order valence-corrected chi connectivity index (χ0v) is 18.3. The molecule has 0 aliphatic rings. The van der Waals surface area contributed by atoms with Crippen molar-refractivity contribution in [2.24, 2.45) is 0 Å². The summed E-state index contributed by atoms with van der Waals surface area (Å²) in [5.41, 5.74) is 1.01. The molecule has 162 valence electrons. The number of aryl methyl sites for hydroxylation is 1. The van der Waals surface area contributed by atoms with E-state index in [0.29, 0.717) is 5.75 Å². The Morgan fingerprint density at radius 3 is 2.04 bits per heavy atom. The van der Waals surface area contributed by atoms with Crippen LogP contribution in [0, 0.1) is 0 Å². The summed E-state index contributed by atoms with van der Waals surface area (Å²) in [7, 11) is -4.64. The van der Waals surface area contributed by atoms with Gasteiger partial charge in [0.15, 0.2) is 6.61 Å². The third kappa shape index (κ3) is 8.07. The normalized spacial score (nSPS) is 12.3. The first kappa shape index (κ1) is 24.9. The van der Waals surface area contributed by atoms with Gasteiger partial charge in [-0.3, -0.25) is 4.55 Å². The van der Waals surface area contributed by atoms with Crippen molar-refractivity contribution in [3.05, 3.63) is 29.8 Å². The van der Waals surface area contributed by atoms with Crippen LogP contribution in [0.5, 0.6) is 5.75 Å². The zero-order valence-electron chi connectivity index (χ0n) is 17.5. The Morgan fingerprint density at radius 1 is 0.893 bits per heavy atom. The van der Waals surface area contributed by atoms with Crippen molar-refractivity contribution < 1.29 is 27.2 Å². The Morgan fingerprint density at radius 2 is 1.46 bits per heavy atom. The van der Waals surface area contributed by atoms with Gasteiger partial charge in [-0.15, -0.1) is 0 Å². The molecule has 0 aromatic heterocycles. The van der Waals surface area contributed by atoms with Crippen LogP contribution in [0.3, 0.4) is 0 Å². The summed E-state index contributed by atoms with van der Waals surface area (Å²) in [6, 6.07) is 7.54. The molecule has 0 amide bonds. The van der Waals surface area contributed by atoms with E-state index in [1.807, 2.05) is 18.2 Å². The van der Waals surface area contributed by atoms with Gasteiger partial charge < -0.3 is 14.2 Å². The molecule has 0 unspecified atom stereocenters. The first-order valence-electron chi connectivity index (χ1n) is 10.4. The Bertz CT molecular complexity index is 638. The number of hydrogen-bond donors (Lipinski definition) is 1. The molecule has 1 rings (SSSR count). The zero-order chi connectivity index (χ0) is 20.9. The van der Waals surface area contributed by atoms with Crippen molar-refractivity contribution in [2.45, 2.75) is 77.3 Å². The van der Waals surface area contributed by atoms with Crippen LogP contribution >= 0.6 is 0 Å². The molecule has 0 aliphatic carbocycles. The highest BCUT2D eigenvalue weighted by atomic mass is 32.2. The van der Waals surface area contributed by atoms with Gasteiger partial charge >= 0.3 is 15.2 Å². The molecule has 0 radical (unpaired) electrons. The lowest BCUT2D eigenvalue weighted by Crippen LogP contribution is -2.49. The topological polar surface area (TPSA) is 82.1 Å². The third-order valence-electron chi connectivity index (χ3n) is 4.55. The number of hydrogen-bond acceptors (Lipinski definition) is 5. The maximum Gasteiger partial charge on any atom is 0.335 e. The van der Waals surface area contributed by atoms with Crippen LogP contribution in [-0.4, -0.2) is 37.9 Å². The fourth-order valence-electron chi connectivity index (χ4n) is 3.08. The molecule has 0 fully saturated rings. The lowest BCUT2D eigenvalue weighted by atomic mass is 10.0. The summed E-state index contributed by atoms with van der Waals surface area (Å²) >= 11 is 0. The first-order valence-corrected chi connectivity index (χ1v) is 11.8. The molecule has 0 saturated heterocycles. The lowest BCUT2D eigenvalue weighted by molar-refractivity contribution is -0.191. The standard InChI is InChI=1S/C21H36O6S/c1-4-7-8-9-10-11-12-15-19-16-13-14-17-20(19)25-18-21(26-5-2,27-6-3)28(22,23)24/h13-14,16-17H,4-12,15,18H2,1-3H3,(H,22,23,24). The second-order valence-corrected chi connectivity index (χ2v) is 8.36. The molecule has 0 heterocycles. The molecule has 6 nitrogen and oxygen atoms in total. The van der Waals surface area contributed by atoms with Gasteiger partial charge in [-0.1, -0.05) is 63.6 Å². The Kier molecular flexibility index (Phi) is 11.7. The van der Waals surface area contributed by atoms with Crippen LogP contribution < -0.4 is 4.74 Å². The van der Waals surface area contributed by atoms with Gasteiger partial charge in [0.25, 0.3) is 0 Å². The summed E-state index contributed by atoms with van der Waals surface area (Å²) in [5, 5.41) is -2.22. The van der Waals surface area contributed by atoms with E-state index < -0.39 is 21.8 Å². The second kappa shape index (κ2) is 13.1. The average molecular weight is 417 g/mol. The van der Waals surface area contributed by atoms with Crippen LogP contribution in [0.4, 0.5) is 0 Å². The Hall–Kier alpha value is -1.15. The first-order chi connectivity index (χ1) is 13.4. The SMILES string of the molecule is CCCCCCCCCc1ccccc1OCC(OCC)(OCC)S(=O)(=O)O. The maximum atomic E-state index is 11.9. The molecule has 0 bridgehead atoms. The summed E-state index contributed by atoms with van der Waals surface area (Å²) in [6.07, 6.45) is 9.40. The summed E-state index contributed by atoms with van der Waals surface area (Å²) in [5.74, 6) is 0.584. The van der Waals surface area contributed by atoms with Gasteiger partial charge in [0.2, 0.25) is 0 Å². The van der Waals surface area contributed by atoms with E-state index in [0.717, 1.165) is 24.8 Å². The number of unbranched alkanes of at least 4 members (excludes halogenated alkanes) is 6. The molecule has 0 saturated carbocycles. The smallest absolute Gasteiger partial charge is 0.335 e. The van der Waals surface area contributed by atoms with Crippen LogP contribution in [-0.2, 0) is 26.0 Å². The quantitative estimate of drug-likeness (QED) is 0.233. The molecular weight excluding hydrogens is 380 g/mol. The van der Waals surface area contributed by atoms with E-state index in [2.05, 4.69) is 6.92 Å². The van der Waals surface area contributed by atoms with E-state index in [1.165, 1.54) is 32.1 Å². The Labute approximate surface area is 170 Å². The predicted octanol–water partition coefficient (Wildman–Crippen LogP) is 4.97. The van der Waals surface area contributed by atoms with Crippen LogP contribution in [0.2, 0.25) is 0 Å². The van der Waals surface area contributed by atoms with E-state index in [1.54, 1.807) is 19.9 Å². The largest absolute Gasteiger partial charge is 0.486 e. The minimum absolute atomic E-state index is 0.0584. The number of para-hydroxylation sites is 1. The molecular formula is C21H36O6S. The molecule has 1 aromatic rings. The molecule has 7 heteroatoms. The number of ether oxygens (including phenoxy) is 3. The van der Waals surface area contributed by atoms with E-state index in [-0.39, 0.29) is 13.2 Å². The lowest BCUT2D eigenvalue weighted by Gasteiger charge is -2.29. The fraction of sp³-hybridized carbons (Fsp3) is 0.714. The van der Waals surface area contributed by atoms with Crippen LogP contribution in [0.25, 0.3) is 0 Å². The van der Waals surface area contributed by atoms with Crippen molar-refractivity contribution in [3.63, 3.8) is 0 Å². The summed E-state index contributed by atoms with van der Waals surface area (Å²) < 4.78 is 49.7. The molecule has 0 atom stereocenters. The van der Waals surface area contributed by atoms with Crippen molar-refractivity contribution in [1.82, 2.24) is 0 Å². The van der Waals surface area contributed by atoms with Gasteiger partial charge in [0.05, 0.1) is 0 Å². The van der Waals surface area contributed by atoms with E-state index in [4.69, 9.17) is 14.2 Å². The minimum atomic E-state index is -4.64. The summed E-state index contributed by atoms with van der Waals surface area (Å²) in [4.78, 5) is 0. The predicted molar refractivity (Wildman–Crippen MR) is 111 cm³/mol. The molecule has 0 spiro atoms. The van der Waals surface area contributed by atoms with Gasteiger partial charge in [-0.05, 0) is 38.3 Å². The van der Waals surface area contributed by atoms with E-state index in [9.17, 15) is 13.0 Å². The fourth-order valence-corrected chi connectivity index (χ4v) is 3.82. The van der Waals surface area contributed by atoms with Crippen LogP contribution in [0.15, 0.2) is 24.3 Å². The Balaban J connectivity index is 2.70. The van der Waals surface area contributed by atoms with Gasteiger partial charge in [-0.2, -0.15) is 8.42 Å². The monoisotopic (exact) mass is 416 g/mol. The van der Waals surface area contributed by atoms with Gasteiger partial charge in [0.1, 0.15) is 5.75 Å². The molecule has 1 N–H and O–H groups in total. The third-order valence-corrected chi connectivity index (χ3v) is 5.69. The van der Waals surface area contributed by atoms with Crippen LogP contribution in [0.1, 0.15) is 71.3 Å². The molecule has 28 heavy (non-hydrogen) atoms. The van der Waals surface area contributed by atoms with Gasteiger partial charge in [-0.25, -0.2) is 0 Å². The highest BCUT2D eigenvalue weighted by Crippen LogP contribution is 2.26. The second-order valence-electron chi connectivity index (χ2n) is 6.79. The number of benzene rings is 1. The maximum absolute atomic E-state index is 11.9. The summed E-state index contributed by atoms with van der Waals surface area (Å²) in [6.45, 7) is 5.15. The average Bonchev–Trinajstić information content (AvgIpc) is 2.65. The molecule has 0 aliphatic heterocycles. The highest BCUT2D eigenvalue weighted by Gasteiger charge is 2.47. The van der Waals surface area contributed by atoms with Gasteiger partial charge in [0, 0.05) is 13.2 Å².